The predicted octanol–water partition coefficient (Wildman–Crippen LogP) is 3.26. The number of likely N-dealkylation sites (tertiary alicyclic amines) is 1. The average molecular weight is 388 g/mol. The molecule has 2 bridgehead atoms. The molecule has 1 saturated heterocycles. The Balaban J connectivity index is 1.52. The minimum absolute atomic E-state index is 0.0648. The van der Waals surface area contributed by atoms with Crippen LogP contribution in [0.4, 0.5) is 10.5 Å². The molecule has 0 unspecified atom stereocenters. The summed E-state index contributed by atoms with van der Waals surface area (Å²) in [5.41, 5.74) is 1.91. The Morgan fingerprint density at radius 2 is 1.88 bits per heavy atom. The van der Waals surface area contributed by atoms with Crippen molar-refractivity contribution in [3.05, 3.63) is 63.0 Å². The SMILES string of the molecule is O=C(Nc1ccc(Br)cc1)N1C[C@H]2C[C@H](C1)c1cccc(=O)n1C2. The Morgan fingerprint density at radius 3 is 2.67 bits per heavy atom. The Bertz CT molecular complexity index is 831. The number of carbonyl (C=O) groups is 1. The van der Waals surface area contributed by atoms with Gasteiger partial charge in [0.1, 0.15) is 0 Å². The van der Waals surface area contributed by atoms with E-state index in [2.05, 4.69) is 21.2 Å². The van der Waals surface area contributed by atoms with Gasteiger partial charge in [-0.05, 0) is 42.7 Å². The number of piperidine rings is 1. The molecule has 6 heteroatoms. The Hall–Kier alpha value is -2.08. The van der Waals surface area contributed by atoms with Crippen LogP contribution in [0.3, 0.4) is 0 Å². The molecule has 2 aromatic rings. The van der Waals surface area contributed by atoms with Gasteiger partial charge in [-0.15, -0.1) is 0 Å². The Labute approximate surface area is 148 Å². The summed E-state index contributed by atoms with van der Waals surface area (Å²) in [6, 6.07) is 12.9. The number of halogens is 1. The van der Waals surface area contributed by atoms with Crippen molar-refractivity contribution in [2.24, 2.45) is 5.92 Å². The normalized spacial score (nSPS) is 22.0. The van der Waals surface area contributed by atoms with E-state index in [1.165, 1.54) is 0 Å². The lowest BCUT2D eigenvalue weighted by atomic mass is 9.83. The van der Waals surface area contributed by atoms with Crippen molar-refractivity contribution in [1.82, 2.24) is 9.47 Å². The number of anilines is 1. The third-order valence-corrected chi connectivity index (χ3v) is 5.39. The first-order valence-electron chi connectivity index (χ1n) is 8.11. The highest BCUT2D eigenvalue weighted by molar-refractivity contribution is 9.10. The van der Waals surface area contributed by atoms with E-state index in [1.807, 2.05) is 45.9 Å². The number of benzene rings is 1. The molecule has 2 aliphatic rings. The second-order valence-electron chi connectivity index (χ2n) is 6.54. The number of urea groups is 1. The van der Waals surface area contributed by atoms with Crippen molar-refractivity contribution < 1.29 is 4.79 Å². The number of rotatable bonds is 1. The number of hydrogen-bond donors (Lipinski definition) is 1. The summed E-state index contributed by atoms with van der Waals surface area (Å²) >= 11 is 3.39. The Morgan fingerprint density at radius 1 is 1.08 bits per heavy atom. The first-order valence-corrected chi connectivity index (χ1v) is 8.91. The number of aromatic nitrogens is 1. The van der Waals surface area contributed by atoms with Crippen molar-refractivity contribution in [3.63, 3.8) is 0 Å². The number of amides is 2. The summed E-state index contributed by atoms with van der Waals surface area (Å²) in [7, 11) is 0. The molecule has 24 heavy (non-hydrogen) atoms. The summed E-state index contributed by atoms with van der Waals surface area (Å²) in [5.74, 6) is 0.578. The molecule has 1 aromatic heterocycles. The van der Waals surface area contributed by atoms with E-state index < -0.39 is 0 Å². The molecule has 2 amide bonds. The van der Waals surface area contributed by atoms with Crippen molar-refractivity contribution >= 4 is 27.6 Å². The van der Waals surface area contributed by atoms with Gasteiger partial charge in [-0.25, -0.2) is 4.79 Å². The highest BCUT2D eigenvalue weighted by Gasteiger charge is 2.36. The predicted molar refractivity (Wildman–Crippen MR) is 96.3 cm³/mol. The fourth-order valence-corrected chi connectivity index (χ4v) is 4.06. The minimum Gasteiger partial charge on any atom is -0.324 e. The van der Waals surface area contributed by atoms with Gasteiger partial charge in [-0.2, -0.15) is 0 Å². The van der Waals surface area contributed by atoms with Crippen molar-refractivity contribution in [3.8, 4) is 0 Å². The Kier molecular flexibility index (Phi) is 3.92. The number of carbonyl (C=O) groups excluding carboxylic acids is 1. The molecule has 124 valence electrons. The van der Waals surface area contributed by atoms with E-state index in [4.69, 9.17) is 0 Å². The molecule has 0 radical (unpaired) electrons. The molecule has 2 aliphatic heterocycles. The van der Waals surface area contributed by atoms with Crippen molar-refractivity contribution in [2.75, 3.05) is 18.4 Å². The highest BCUT2D eigenvalue weighted by atomic mass is 79.9. The molecule has 0 saturated carbocycles. The second-order valence-corrected chi connectivity index (χ2v) is 7.46. The molecule has 1 aromatic carbocycles. The highest BCUT2D eigenvalue weighted by Crippen LogP contribution is 2.35. The zero-order chi connectivity index (χ0) is 16.7. The summed E-state index contributed by atoms with van der Waals surface area (Å²) in [4.78, 5) is 26.5. The van der Waals surface area contributed by atoms with Crippen molar-refractivity contribution in [2.45, 2.75) is 18.9 Å². The van der Waals surface area contributed by atoms with Crippen LogP contribution in [-0.4, -0.2) is 28.6 Å². The average Bonchev–Trinajstić information content (AvgIpc) is 2.58. The number of nitrogens with one attached hydrogen (secondary N) is 1. The second kappa shape index (κ2) is 6.09. The van der Waals surface area contributed by atoms with Gasteiger partial charge in [-0.3, -0.25) is 4.79 Å². The summed E-state index contributed by atoms with van der Waals surface area (Å²) in [6.45, 7) is 2.05. The van der Waals surface area contributed by atoms with Crippen LogP contribution in [0.15, 0.2) is 51.7 Å². The number of pyridine rings is 1. The molecule has 2 atom stereocenters. The smallest absolute Gasteiger partial charge is 0.321 e. The maximum absolute atomic E-state index is 12.6. The van der Waals surface area contributed by atoms with Crippen LogP contribution in [-0.2, 0) is 6.54 Å². The van der Waals surface area contributed by atoms with Crippen LogP contribution in [0.1, 0.15) is 18.0 Å². The van der Waals surface area contributed by atoms with Gasteiger partial charge in [0.25, 0.3) is 5.56 Å². The van der Waals surface area contributed by atoms with Gasteiger partial charge in [-0.1, -0.05) is 22.0 Å². The summed E-state index contributed by atoms with van der Waals surface area (Å²) in [6.07, 6.45) is 1.05. The fourth-order valence-electron chi connectivity index (χ4n) is 3.80. The lowest BCUT2D eigenvalue weighted by Gasteiger charge is -2.42. The largest absolute Gasteiger partial charge is 0.324 e. The zero-order valence-corrected chi connectivity index (χ0v) is 14.7. The van der Waals surface area contributed by atoms with E-state index in [1.54, 1.807) is 6.07 Å². The van der Waals surface area contributed by atoms with E-state index >= 15 is 0 Å². The lowest BCUT2D eigenvalue weighted by Crippen LogP contribution is -2.50. The zero-order valence-electron chi connectivity index (χ0n) is 13.1. The first-order chi connectivity index (χ1) is 11.6. The molecule has 1 fully saturated rings. The molecule has 1 N–H and O–H groups in total. The maximum Gasteiger partial charge on any atom is 0.321 e. The van der Waals surface area contributed by atoms with E-state index in [9.17, 15) is 9.59 Å². The summed E-state index contributed by atoms with van der Waals surface area (Å²) < 4.78 is 2.86. The van der Waals surface area contributed by atoms with Crippen molar-refractivity contribution in [1.29, 1.82) is 0 Å². The number of hydrogen-bond acceptors (Lipinski definition) is 2. The fraction of sp³-hybridized carbons (Fsp3) is 0.333. The van der Waals surface area contributed by atoms with Gasteiger partial charge in [0.2, 0.25) is 0 Å². The first kappa shape index (κ1) is 15.4. The number of fused-ring (bicyclic) bond motifs is 4. The molecular formula is C18H18BrN3O2. The molecule has 0 aliphatic carbocycles. The van der Waals surface area contributed by atoms with Gasteiger partial charge >= 0.3 is 6.03 Å². The topological polar surface area (TPSA) is 54.3 Å². The van der Waals surface area contributed by atoms with Gasteiger partial charge in [0.05, 0.1) is 0 Å². The monoisotopic (exact) mass is 387 g/mol. The van der Waals surface area contributed by atoms with Gasteiger partial charge < -0.3 is 14.8 Å². The van der Waals surface area contributed by atoms with E-state index in [0.29, 0.717) is 25.6 Å². The van der Waals surface area contributed by atoms with Crippen LogP contribution >= 0.6 is 15.9 Å². The third-order valence-electron chi connectivity index (χ3n) is 4.86. The van der Waals surface area contributed by atoms with Crippen LogP contribution in [0, 0.1) is 5.92 Å². The molecular weight excluding hydrogens is 370 g/mol. The standard InChI is InChI=1S/C18H18BrN3O2/c19-14-4-6-15(7-5-14)20-18(24)21-9-12-8-13(11-21)16-2-1-3-17(23)22(16)10-12/h1-7,12-13H,8-11H2,(H,20,24)/t12-,13-/m1/s1. The molecule has 5 nitrogen and oxygen atoms in total. The minimum atomic E-state index is -0.0706. The van der Waals surface area contributed by atoms with Gasteiger partial charge in [0, 0.05) is 47.5 Å². The maximum atomic E-state index is 12.6. The van der Waals surface area contributed by atoms with Crippen LogP contribution in [0.25, 0.3) is 0 Å². The lowest BCUT2D eigenvalue weighted by molar-refractivity contribution is 0.139. The quantitative estimate of drug-likeness (QED) is 0.816. The molecule has 3 heterocycles. The third kappa shape index (κ3) is 2.86. The molecule has 0 spiro atoms. The van der Waals surface area contributed by atoms with Crippen LogP contribution in [0.2, 0.25) is 0 Å². The number of nitrogens with zero attached hydrogens (tertiary/aromatic N) is 2. The molecule has 4 rings (SSSR count). The van der Waals surface area contributed by atoms with E-state index in [-0.39, 0.29) is 17.5 Å². The van der Waals surface area contributed by atoms with Gasteiger partial charge in [0.15, 0.2) is 0 Å². The van der Waals surface area contributed by atoms with E-state index in [0.717, 1.165) is 22.3 Å². The van der Waals surface area contributed by atoms with Crippen LogP contribution in [0.5, 0.6) is 0 Å². The summed E-state index contributed by atoms with van der Waals surface area (Å²) in [5, 5.41) is 2.96. The van der Waals surface area contributed by atoms with Crippen LogP contribution < -0.4 is 10.9 Å².